The summed E-state index contributed by atoms with van der Waals surface area (Å²) < 4.78 is 0. The Bertz CT molecular complexity index is 228. The first kappa shape index (κ1) is 10.7. The van der Waals surface area contributed by atoms with Crippen LogP contribution in [0.25, 0.3) is 0 Å². The normalized spacial score (nSPS) is 27.1. The lowest BCUT2D eigenvalue weighted by atomic mass is 9.82. The predicted molar refractivity (Wildman–Crippen MR) is 54.8 cm³/mol. The molecule has 13 heavy (non-hydrogen) atoms. The van der Waals surface area contributed by atoms with Gasteiger partial charge in [0, 0.05) is 5.54 Å². The van der Waals surface area contributed by atoms with Crippen molar-refractivity contribution in [3.8, 4) is 0 Å². The molecule has 2 nitrogen and oxygen atoms in total. The smallest absolute Gasteiger partial charge is 0.0592 e. The summed E-state index contributed by atoms with van der Waals surface area (Å²) in [5.74, 6) is 0. The molecule has 2 heteroatoms. The van der Waals surface area contributed by atoms with Crippen molar-refractivity contribution in [1.29, 1.82) is 0 Å². The zero-order valence-corrected chi connectivity index (χ0v) is 9.39. The van der Waals surface area contributed by atoms with Gasteiger partial charge in [-0.25, -0.2) is 0 Å². The van der Waals surface area contributed by atoms with Gasteiger partial charge in [0.25, 0.3) is 0 Å². The van der Waals surface area contributed by atoms with Crippen LogP contribution in [0.15, 0.2) is 11.6 Å². The van der Waals surface area contributed by atoms with Crippen molar-refractivity contribution in [1.82, 2.24) is 5.06 Å². The molecule has 0 saturated heterocycles. The minimum atomic E-state index is -0.229. The van der Waals surface area contributed by atoms with E-state index >= 15 is 0 Å². The standard InChI is InChI=1S/C11H21NO/c1-6-9-7-10(2,3)12(13)11(4,5)8-9/h7,13H,6,8H2,1-5H3. The largest absolute Gasteiger partial charge is 0.313 e. The summed E-state index contributed by atoms with van der Waals surface area (Å²) in [7, 11) is 0. The molecule has 0 atom stereocenters. The van der Waals surface area contributed by atoms with E-state index in [1.807, 2.05) is 13.8 Å². The Morgan fingerprint density at radius 3 is 2.31 bits per heavy atom. The quantitative estimate of drug-likeness (QED) is 0.632. The lowest BCUT2D eigenvalue weighted by Crippen LogP contribution is -2.55. The Morgan fingerprint density at radius 1 is 1.38 bits per heavy atom. The monoisotopic (exact) mass is 183 g/mol. The maximum absolute atomic E-state index is 9.97. The highest BCUT2D eigenvalue weighted by Crippen LogP contribution is 2.36. The fourth-order valence-electron chi connectivity index (χ4n) is 2.25. The molecule has 1 N–H and O–H groups in total. The van der Waals surface area contributed by atoms with E-state index in [4.69, 9.17) is 0 Å². The molecule has 1 aliphatic heterocycles. The van der Waals surface area contributed by atoms with Crippen LogP contribution in [0.3, 0.4) is 0 Å². The molecular formula is C11H21NO. The zero-order valence-electron chi connectivity index (χ0n) is 9.39. The van der Waals surface area contributed by atoms with E-state index in [1.165, 1.54) is 10.6 Å². The maximum atomic E-state index is 9.97. The third kappa shape index (κ3) is 1.94. The SMILES string of the molecule is CCC1=CC(C)(C)N(O)C(C)(C)C1. The van der Waals surface area contributed by atoms with Gasteiger partial charge < -0.3 is 5.21 Å². The van der Waals surface area contributed by atoms with E-state index in [2.05, 4.69) is 26.8 Å². The van der Waals surface area contributed by atoms with Crippen molar-refractivity contribution in [2.75, 3.05) is 0 Å². The van der Waals surface area contributed by atoms with Gasteiger partial charge in [0.1, 0.15) is 0 Å². The summed E-state index contributed by atoms with van der Waals surface area (Å²) in [5, 5.41) is 11.4. The maximum Gasteiger partial charge on any atom is 0.0592 e. The van der Waals surface area contributed by atoms with Crippen LogP contribution >= 0.6 is 0 Å². The van der Waals surface area contributed by atoms with E-state index in [0.717, 1.165) is 12.8 Å². The van der Waals surface area contributed by atoms with E-state index in [-0.39, 0.29) is 11.1 Å². The van der Waals surface area contributed by atoms with Crippen molar-refractivity contribution in [2.45, 2.75) is 58.5 Å². The van der Waals surface area contributed by atoms with Crippen LogP contribution in [0.5, 0.6) is 0 Å². The highest BCUT2D eigenvalue weighted by molar-refractivity contribution is 5.19. The van der Waals surface area contributed by atoms with E-state index in [1.54, 1.807) is 0 Å². The summed E-state index contributed by atoms with van der Waals surface area (Å²) in [4.78, 5) is 0. The Hall–Kier alpha value is -0.340. The Morgan fingerprint density at radius 2 is 1.92 bits per heavy atom. The van der Waals surface area contributed by atoms with Crippen molar-refractivity contribution in [3.63, 3.8) is 0 Å². The molecule has 0 saturated carbocycles. The molecule has 0 spiro atoms. The van der Waals surface area contributed by atoms with Gasteiger partial charge >= 0.3 is 0 Å². The second-order valence-electron chi connectivity index (χ2n) is 5.11. The number of hydrogen-bond acceptors (Lipinski definition) is 2. The average molecular weight is 183 g/mol. The summed E-state index contributed by atoms with van der Waals surface area (Å²) in [6.45, 7) is 10.4. The molecule has 0 aliphatic carbocycles. The molecular weight excluding hydrogens is 162 g/mol. The van der Waals surface area contributed by atoms with Crippen LogP contribution in [-0.4, -0.2) is 21.3 Å². The second kappa shape index (κ2) is 3.10. The Labute approximate surface area is 81.2 Å². The van der Waals surface area contributed by atoms with Crippen LogP contribution in [0.4, 0.5) is 0 Å². The van der Waals surface area contributed by atoms with Crippen LogP contribution in [0, 0.1) is 0 Å². The van der Waals surface area contributed by atoms with E-state index in [9.17, 15) is 5.21 Å². The van der Waals surface area contributed by atoms with Crippen LogP contribution in [0.2, 0.25) is 0 Å². The molecule has 0 bridgehead atoms. The molecule has 0 radical (unpaired) electrons. The van der Waals surface area contributed by atoms with Crippen molar-refractivity contribution >= 4 is 0 Å². The van der Waals surface area contributed by atoms with E-state index < -0.39 is 0 Å². The molecule has 1 rings (SSSR count). The second-order valence-corrected chi connectivity index (χ2v) is 5.11. The number of rotatable bonds is 1. The Balaban J connectivity index is 3.01. The molecule has 0 aromatic heterocycles. The first-order chi connectivity index (χ1) is 5.79. The van der Waals surface area contributed by atoms with Gasteiger partial charge in [0.05, 0.1) is 5.54 Å². The highest BCUT2D eigenvalue weighted by Gasteiger charge is 2.39. The summed E-state index contributed by atoms with van der Waals surface area (Å²) in [6.07, 6.45) is 4.22. The van der Waals surface area contributed by atoms with Gasteiger partial charge in [-0.2, -0.15) is 5.06 Å². The number of hydroxylamine groups is 2. The summed E-state index contributed by atoms with van der Waals surface area (Å²) >= 11 is 0. The lowest BCUT2D eigenvalue weighted by Gasteiger charge is -2.47. The molecule has 76 valence electrons. The molecule has 0 amide bonds. The first-order valence-electron chi connectivity index (χ1n) is 4.99. The van der Waals surface area contributed by atoms with Gasteiger partial charge in [0.15, 0.2) is 0 Å². The third-order valence-electron chi connectivity index (χ3n) is 2.79. The fraction of sp³-hybridized carbons (Fsp3) is 0.818. The molecule has 0 aromatic rings. The fourth-order valence-corrected chi connectivity index (χ4v) is 2.25. The molecule has 0 unspecified atom stereocenters. The van der Waals surface area contributed by atoms with Crippen LogP contribution in [0.1, 0.15) is 47.5 Å². The van der Waals surface area contributed by atoms with Crippen LogP contribution in [-0.2, 0) is 0 Å². The topological polar surface area (TPSA) is 23.5 Å². The van der Waals surface area contributed by atoms with Gasteiger partial charge in [0.2, 0.25) is 0 Å². The zero-order chi connectivity index (χ0) is 10.3. The Kier molecular flexibility index (Phi) is 2.56. The van der Waals surface area contributed by atoms with E-state index in [0.29, 0.717) is 0 Å². The highest BCUT2D eigenvalue weighted by atomic mass is 16.5. The van der Waals surface area contributed by atoms with Crippen molar-refractivity contribution in [2.24, 2.45) is 0 Å². The lowest BCUT2D eigenvalue weighted by molar-refractivity contribution is -0.214. The molecule has 1 aliphatic rings. The van der Waals surface area contributed by atoms with Gasteiger partial charge in [-0.05, 0) is 40.5 Å². The minimum absolute atomic E-state index is 0.135. The number of hydrogen-bond donors (Lipinski definition) is 1. The van der Waals surface area contributed by atoms with Gasteiger partial charge in [-0.3, -0.25) is 0 Å². The molecule has 0 aromatic carbocycles. The van der Waals surface area contributed by atoms with Crippen LogP contribution < -0.4 is 0 Å². The minimum Gasteiger partial charge on any atom is -0.313 e. The summed E-state index contributed by atoms with van der Waals surface area (Å²) in [5.41, 5.74) is 1.08. The van der Waals surface area contributed by atoms with Crippen molar-refractivity contribution in [3.05, 3.63) is 11.6 Å². The summed E-state index contributed by atoms with van der Waals surface area (Å²) in [6, 6.07) is 0. The van der Waals surface area contributed by atoms with Gasteiger partial charge in [-0.1, -0.05) is 18.6 Å². The van der Waals surface area contributed by atoms with Crippen molar-refractivity contribution < 1.29 is 5.21 Å². The van der Waals surface area contributed by atoms with Gasteiger partial charge in [-0.15, -0.1) is 0 Å². The number of nitrogens with zero attached hydrogens (tertiary/aromatic N) is 1. The molecule has 1 heterocycles. The predicted octanol–water partition coefficient (Wildman–Crippen LogP) is 2.97. The average Bonchev–Trinajstić information content (AvgIpc) is 1.99. The molecule has 0 fully saturated rings. The third-order valence-corrected chi connectivity index (χ3v) is 2.79. The first-order valence-corrected chi connectivity index (χ1v) is 4.99.